The molecule has 0 aliphatic heterocycles. The van der Waals surface area contributed by atoms with E-state index >= 15 is 0 Å². The van der Waals surface area contributed by atoms with Gasteiger partial charge in [-0.05, 0) is 54.4 Å². The first-order valence-electron chi connectivity index (χ1n) is 11.5. The summed E-state index contributed by atoms with van der Waals surface area (Å²) >= 11 is 0. The molecule has 0 bridgehead atoms. The number of alkyl halides is 3. The lowest BCUT2D eigenvalue weighted by atomic mass is 10.0. The molecule has 0 fully saturated rings. The number of hydrogen-bond acceptors (Lipinski definition) is 5. The number of hydrogen-bond donors (Lipinski definition) is 2. The van der Waals surface area contributed by atoms with E-state index in [-0.39, 0.29) is 22.9 Å². The van der Waals surface area contributed by atoms with Crippen LogP contribution in [0, 0.1) is 17.1 Å². The van der Waals surface area contributed by atoms with Gasteiger partial charge in [0.2, 0.25) is 0 Å². The minimum atomic E-state index is -4.62. The highest BCUT2D eigenvalue weighted by atomic mass is 19.4. The first-order valence-corrected chi connectivity index (χ1v) is 11.5. The minimum absolute atomic E-state index is 0.0897. The zero-order valence-electron chi connectivity index (χ0n) is 19.9. The molecule has 6 nitrogen and oxygen atoms in total. The number of aromatic nitrogens is 2. The smallest absolute Gasteiger partial charge is 0.369 e. The molecule has 0 unspecified atom stereocenters. The third-order valence-corrected chi connectivity index (χ3v) is 5.67. The largest absolute Gasteiger partial charge is 0.418 e. The van der Waals surface area contributed by atoms with E-state index in [1.165, 1.54) is 30.5 Å². The van der Waals surface area contributed by atoms with Crippen molar-refractivity contribution in [2.75, 3.05) is 11.9 Å². The van der Waals surface area contributed by atoms with Crippen molar-refractivity contribution >= 4 is 11.7 Å². The van der Waals surface area contributed by atoms with E-state index < -0.39 is 24.2 Å². The SMILES string of the molecule is N#Cc1ccccc1-c1ccc(C(=O)NCc2ncccc2C(F)(F)F)c(NCCc2cccc(F)c2)n1. The molecule has 4 rings (SSSR count). The Bertz CT molecular complexity index is 1500. The van der Waals surface area contributed by atoms with Crippen LogP contribution in [-0.4, -0.2) is 22.4 Å². The molecule has 2 aromatic heterocycles. The summed E-state index contributed by atoms with van der Waals surface area (Å²) in [4.78, 5) is 21.4. The van der Waals surface area contributed by atoms with E-state index in [4.69, 9.17) is 0 Å². The Morgan fingerprint density at radius 2 is 1.82 bits per heavy atom. The highest BCUT2D eigenvalue weighted by Crippen LogP contribution is 2.31. The summed E-state index contributed by atoms with van der Waals surface area (Å²) in [6, 6.07) is 20.1. The van der Waals surface area contributed by atoms with Crippen LogP contribution in [0.1, 0.15) is 32.7 Å². The van der Waals surface area contributed by atoms with Crippen LogP contribution in [-0.2, 0) is 19.1 Å². The van der Waals surface area contributed by atoms with Gasteiger partial charge in [0.1, 0.15) is 11.6 Å². The van der Waals surface area contributed by atoms with Gasteiger partial charge in [-0.1, -0.05) is 30.3 Å². The van der Waals surface area contributed by atoms with Gasteiger partial charge in [0.05, 0.1) is 40.7 Å². The zero-order valence-corrected chi connectivity index (χ0v) is 19.9. The third kappa shape index (κ3) is 6.31. The molecule has 2 N–H and O–H groups in total. The van der Waals surface area contributed by atoms with Gasteiger partial charge < -0.3 is 10.6 Å². The number of rotatable bonds is 8. The van der Waals surface area contributed by atoms with Crippen molar-refractivity contribution in [1.82, 2.24) is 15.3 Å². The summed E-state index contributed by atoms with van der Waals surface area (Å²) in [5.41, 5.74) is 0.931. The first kappa shape index (κ1) is 26.3. The van der Waals surface area contributed by atoms with Gasteiger partial charge >= 0.3 is 6.18 Å². The van der Waals surface area contributed by atoms with Crippen LogP contribution < -0.4 is 10.6 Å². The normalized spacial score (nSPS) is 11.0. The Hall–Kier alpha value is -4.78. The second-order valence-electron chi connectivity index (χ2n) is 8.23. The van der Waals surface area contributed by atoms with E-state index in [2.05, 4.69) is 26.7 Å². The van der Waals surface area contributed by atoms with E-state index in [1.54, 1.807) is 42.5 Å². The molecule has 38 heavy (non-hydrogen) atoms. The van der Waals surface area contributed by atoms with Crippen LogP contribution in [0.3, 0.4) is 0 Å². The molecule has 0 spiro atoms. The van der Waals surface area contributed by atoms with Crippen molar-refractivity contribution in [3.8, 4) is 17.3 Å². The number of carbonyl (C=O) groups is 1. The average Bonchev–Trinajstić information content (AvgIpc) is 2.91. The summed E-state index contributed by atoms with van der Waals surface area (Å²) in [6.07, 6.45) is -2.98. The maximum atomic E-state index is 13.5. The number of anilines is 1. The first-order chi connectivity index (χ1) is 18.3. The van der Waals surface area contributed by atoms with E-state index in [1.807, 2.05) is 0 Å². The fourth-order valence-corrected chi connectivity index (χ4v) is 3.85. The number of benzene rings is 2. The monoisotopic (exact) mass is 519 g/mol. The van der Waals surface area contributed by atoms with Gasteiger partial charge in [-0.25, -0.2) is 9.37 Å². The Balaban J connectivity index is 1.60. The maximum Gasteiger partial charge on any atom is 0.418 e. The highest BCUT2D eigenvalue weighted by Gasteiger charge is 2.33. The Morgan fingerprint density at radius 3 is 2.58 bits per heavy atom. The molecular formula is C28H21F4N5O. The van der Waals surface area contributed by atoms with Crippen molar-refractivity contribution < 1.29 is 22.4 Å². The number of carbonyl (C=O) groups excluding carboxylic acids is 1. The number of nitrogens with one attached hydrogen (secondary N) is 2. The molecule has 2 heterocycles. The summed E-state index contributed by atoms with van der Waals surface area (Å²) < 4.78 is 53.5. The average molecular weight is 520 g/mol. The molecule has 0 radical (unpaired) electrons. The fourth-order valence-electron chi connectivity index (χ4n) is 3.85. The molecule has 2 aromatic carbocycles. The zero-order chi connectivity index (χ0) is 27.1. The molecule has 10 heteroatoms. The highest BCUT2D eigenvalue weighted by molar-refractivity contribution is 5.99. The standard InChI is InChI=1S/C28H21F4N5O/c29-20-7-3-5-18(15-20)12-14-35-26-22(10-11-24(37-26)21-8-2-1-6-19(21)16-33)27(38)36-17-25-23(28(30,31)32)9-4-13-34-25/h1-11,13,15H,12,14,17H2,(H,35,37)(H,36,38). The second kappa shape index (κ2) is 11.5. The van der Waals surface area contributed by atoms with Gasteiger partial charge in [-0.2, -0.15) is 18.4 Å². The lowest BCUT2D eigenvalue weighted by Crippen LogP contribution is -2.26. The number of nitriles is 1. The van der Waals surface area contributed by atoms with Crippen LogP contribution in [0.4, 0.5) is 23.4 Å². The topological polar surface area (TPSA) is 90.7 Å². The maximum absolute atomic E-state index is 13.5. The van der Waals surface area contributed by atoms with Crippen LogP contribution in [0.2, 0.25) is 0 Å². The summed E-state index contributed by atoms with van der Waals surface area (Å²) in [6.45, 7) is -0.158. The summed E-state index contributed by atoms with van der Waals surface area (Å²) in [5.74, 6) is -0.866. The Kier molecular flexibility index (Phi) is 7.97. The molecule has 4 aromatic rings. The number of nitrogens with zero attached hydrogens (tertiary/aromatic N) is 3. The lowest BCUT2D eigenvalue weighted by molar-refractivity contribution is -0.138. The van der Waals surface area contributed by atoms with Gasteiger partial charge in [0.25, 0.3) is 5.91 Å². The fraction of sp³-hybridized carbons (Fsp3) is 0.143. The summed E-state index contributed by atoms with van der Waals surface area (Å²) in [5, 5.41) is 15.0. The number of halogens is 4. The minimum Gasteiger partial charge on any atom is -0.369 e. The Morgan fingerprint density at radius 1 is 1.00 bits per heavy atom. The quantitative estimate of drug-likeness (QED) is 0.289. The van der Waals surface area contributed by atoms with Crippen molar-refractivity contribution in [2.24, 2.45) is 0 Å². The molecule has 1 amide bonds. The molecule has 192 valence electrons. The predicted octanol–water partition coefficient (Wildman–Crippen LogP) is 5.76. The molecule has 0 saturated carbocycles. The van der Waals surface area contributed by atoms with Crippen LogP contribution in [0.15, 0.2) is 79.0 Å². The molecule has 0 atom stereocenters. The molecule has 0 saturated heterocycles. The van der Waals surface area contributed by atoms with Crippen LogP contribution in [0.25, 0.3) is 11.3 Å². The van der Waals surface area contributed by atoms with Crippen LogP contribution in [0.5, 0.6) is 0 Å². The van der Waals surface area contributed by atoms with Gasteiger partial charge in [-0.15, -0.1) is 0 Å². The van der Waals surface area contributed by atoms with E-state index in [9.17, 15) is 27.6 Å². The second-order valence-corrected chi connectivity index (χ2v) is 8.23. The van der Waals surface area contributed by atoms with Crippen LogP contribution >= 0.6 is 0 Å². The predicted molar refractivity (Wildman–Crippen MR) is 133 cm³/mol. The summed E-state index contributed by atoms with van der Waals surface area (Å²) in [7, 11) is 0. The Labute approximate surface area is 216 Å². The van der Waals surface area contributed by atoms with Crippen molar-refractivity contribution in [2.45, 2.75) is 19.1 Å². The number of pyridine rings is 2. The van der Waals surface area contributed by atoms with Crippen molar-refractivity contribution in [3.63, 3.8) is 0 Å². The molecule has 0 aliphatic carbocycles. The molecular weight excluding hydrogens is 498 g/mol. The van der Waals surface area contributed by atoms with Crippen molar-refractivity contribution in [1.29, 1.82) is 5.26 Å². The van der Waals surface area contributed by atoms with Gasteiger partial charge in [0, 0.05) is 18.3 Å². The van der Waals surface area contributed by atoms with E-state index in [0.717, 1.165) is 11.6 Å². The lowest BCUT2D eigenvalue weighted by Gasteiger charge is -2.15. The van der Waals surface area contributed by atoms with Crippen molar-refractivity contribution in [3.05, 3.63) is 113 Å². The molecule has 0 aliphatic rings. The van der Waals surface area contributed by atoms with Gasteiger partial charge in [-0.3, -0.25) is 9.78 Å². The van der Waals surface area contributed by atoms with E-state index in [0.29, 0.717) is 29.8 Å². The third-order valence-electron chi connectivity index (χ3n) is 5.67. The number of amides is 1. The van der Waals surface area contributed by atoms with Gasteiger partial charge in [0.15, 0.2) is 0 Å².